The molecular formula is C11H15BrN2O. The molecule has 0 radical (unpaired) electrons. The number of carbonyl (C=O) groups excluding carboxylic acids is 1. The summed E-state index contributed by atoms with van der Waals surface area (Å²) in [7, 11) is 1.89. The van der Waals surface area contributed by atoms with Crippen LogP contribution in [0.5, 0.6) is 0 Å². The van der Waals surface area contributed by atoms with Crippen LogP contribution >= 0.6 is 15.9 Å². The van der Waals surface area contributed by atoms with E-state index in [-0.39, 0.29) is 0 Å². The van der Waals surface area contributed by atoms with Crippen molar-refractivity contribution in [2.24, 2.45) is 13.0 Å². The zero-order valence-corrected chi connectivity index (χ0v) is 10.7. The molecule has 1 fully saturated rings. The van der Waals surface area contributed by atoms with Crippen LogP contribution in [-0.2, 0) is 18.3 Å². The van der Waals surface area contributed by atoms with Crippen LogP contribution < -0.4 is 0 Å². The van der Waals surface area contributed by atoms with Crippen LogP contribution in [0.4, 0.5) is 0 Å². The van der Waals surface area contributed by atoms with E-state index in [1.807, 2.05) is 14.0 Å². The van der Waals surface area contributed by atoms with Crippen LogP contribution in [0, 0.1) is 12.8 Å². The van der Waals surface area contributed by atoms with Crippen molar-refractivity contribution in [3.63, 3.8) is 0 Å². The normalized spacial score (nSPS) is 15.7. The molecule has 0 unspecified atom stereocenters. The Bertz CT molecular complexity index is 394. The molecule has 1 aromatic heterocycles. The number of rotatable bonds is 4. The van der Waals surface area contributed by atoms with Gasteiger partial charge in [0.25, 0.3) is 0 Å². The third-order valence-corrected chi connectivity index (χ3v) is 3.87. The molecule has 0 aliphatic heterocycles. The largest absolute Gasteiger partial charge is 0.299 e. The Morgan fingerprint density at radius 3 is 2.73 bits per heavy atom. The van der Waals surface area contributed by atoms with Crippen molar-refractivity contribution in [3.05, 3.63) is 15.9 Å². The van der Waals surface area contributed by atoms with Gasteiger partial charge < -0.3 is 0 Å². The van der Waals surface area contributed by atoms with E-state index in [0.29, 0.717) is 18.1 Å². The molecule has 3 nitrogen and oxygen atoms in total. The first kappa shape index (κ1) is 10.9. The van der Waals surface area contributed by atoms with E-state index >= 15 is 0 Å². The molecular weight excluding hydrogens is 256 g/mol. The third-order valence-electron chi connectivity index (χ3n) is 2.84. The minimum Gasteiger partial charge on any atom is -0.299 e. The van der Waals surface area contributed by atoms with Gasteiger partial charge in [-0.05, 0) is 41.6 Å². The second kappa shape index (κ2) is 4.08. The predicted molar refractivity (Wildman–Crippen MR) is 61.7 cm³/mol. The summed E-state index contributed by atoms with van der Waals surface area (Å²) in [6.07, 6.45) is 3.72. The maximum Gasteiger partial charge on any atom is 0.139 e. The molecule has 1 saturated carbocycles. The van der Waals surface area contributed by atoms with Gasteiger partial charge in [0.05, 0.1) is 15.9 Å². The second-order valence-electron chi connectivity index (χ2n) is 4.33. The number of halogens is 1. The monoisotopic (exact) mass is 270 g/mol. The molecule has 15 heavy (non-hydrogen) atoms. The number of aromatic nitrogens is 2. The van der Waals surface area contributed by atoms with E-state index in [1.165, 1.54) is 12.8 Å². The summed E-state index contributed by atoms with van der Waals surface area (Å²) in [6.45, 7) is 1.94. The number of ketones is 1. The van der Waals surface area contributed by atoms with E-state index in [4.69, 9.17) is 0 Å². The zero-order valence-electron chi connectivity index (χ0n) is 9.09. The van der Waals surface area contributed by atoms with E-state index in [0.717, 1.165) is 22.3 Å². The summed E-state index contributed by atoms with van der Waals surface area (Å²) < 4.78 is 2.78. The van der Waals surface area contributed by atoms with Crippen molar-refractivity contribution in [3.8, 4) is 0 Å². The first-order chi connectivity index (χ1) is 7.08. The summed E-state index contributed by atoms with van der Waals surface area (Å²) >= 11 is 3.48. The standard InChI is InChI=1S/C11H15BrN2O/c1-7-11(12)10(14(2)13-7)6-9(15)5-8-3-4-8/h8H,3-6H2,1-2H3. The van der Waals surface area contributed by atoms with Crippen molar-refractivity contribution >= 4 is 21.7 Å². The third kappa shape index (κ3) is 2.48. The van der Waals surface area contributed by atoms with Gasteiger partial charge in [0.2, 0.25) is 0 Å². The van der Waals surface area contributed by atoms with E-state index < -0.39 is 0 Å². The highest BCUT2D eigenvalue weighted by Crippen LogP contribution is 2.33. The lowest BCUT2D eigenvalue weighted by Gasteiger charge is -2.01. The highest BCUT2D eigenvalue weighted by molar-refractivity contribution is 9.10. The Balaban J connectivity index is 2.05. The number of hydrogen-bond donors (Lipinski definition) is 0. The van der Waals surface area contributed by atoms with Crippen LogP contribution in [0.2, 0.25) is 0 Å². The van der Waals surface area contributed by atoms with Crippen molar-refractivity contribution in [2.75, 3.05) is 0 Å². The summed E-state index contributed by atoms with van der Waals surface area (Å²) in [5, 5.41) is 4.28. The molecule has 0 saturated heterocycles. The number of aryl methyl sites for hydroxylation is 2. The Labute approximate surface area is 98.0 Å². The molecule has 4 heteroatoms. The fourth-order valence-electron chi connectivity index (χ4n) is 1.78. The predicted octanol–water partition coefficient (Wildman–Crippen LogP) is 2.40. The number of nitrogens with zero attached hydrogens (tertiary/aromatic N) is 2. The fourth-order valence-corrected chi connectivity index (χ4v) is 2.25. The van der Waals surface area contributed by atoms with Gasteiger partial charge in [0.1, 0.15) is 5.78 Å². The van der Waals surface area contributed by atoms with Crippen molar-refractivity contribution in [1.29, 1.82) is 0 Å². The molecule has 1 aliphatic rings. The Morgan fingerprint density at radius 1 is 1.60 bits per heavy atom. The van der Waals surface area contributed by atoms with Gasteiger partial charge in [-0.1, -0.05) is 0 Å². The lowest BCUT2D eigenvalue weighted by atomic mass is 10.1. The highest BCUT2D eigenvalue weighted by Gasteiger charge is 2.25. The van der Waals surface area contributed by atoms with Gasteiger partial charge in [-0.15, -0.1) is 0 Å². The molecule has 0 bridgehead atoms. The van der Waals surface area contributed by atoms with E-state index in [1.54, 1.807) is 4.68 Å². The molecule has 1 aliphatic carbocycles. The van der Waals surface area contributed by atoms with Crippen LogP contribution in [-0.4, -0.2) is 15.6 Å². The van der Waals surface area contributed by atoms with E-state index in [9.17, 15) is 4.79 Å². The first-order valence-electron chi connectivity index (χ1n) is 5.27. The molecule has 0 amide bonds. The Kier molecular flexibility index (Phi) is 2.96. The summed E-state index contributed by atoms with van der Waals surface area (Å²) in [5.74, 6) is 1.01. The molecule has 0 N–H and O–H groups in total. The van der Waals surface area contributed by atoms with Gasteiger partial charge >= 0.3 is 0 Å². The van der Waals surface area contributed by atoms with Gasteiger partial charge in [0, 0.05) is 19.9 Å². The molecule has 0 atom stereocenters. The smallest absolute Gasteiger partial charge is 0.139 e. The minimum absolute atomic E-state index is 0.334. The SMILES string of the molecule is Cc1nn(C)c(CC(=O)CC2CC2)c1Br. The van der Waals surface area contributed by atoms with Crippen molar-refractivity contribution in [1.82, 2.24) is 9.78 Å². The Morgan fingerprint density at radius 2 is 2.27 bits per heavy atom. The second-order valence-corrected chi connectivity index (χ2v) is 5.13. The average Bonchev–Trinajstić information content (AvgIpc) is 2.92. The van der Waals surface area contributed by atoms with Crippen molar-refractivity contribution < 1.29 is 4.79 Å². The van der Waals surface area contributed by atoms with Crippen LogP contribution in [0.15, 0.2) is 4.47 Å². The van der Waals surface area contributed by atoms with Crippen LogP contribution in [0.25, 0.3) is 0 Å². The van der Waals surface area contributed by atoms with Gasteiger partial charge in [-0.3, -0.25) is 9.48 Å². The van der Waals surface area contributed by atoms with Crippen LogP contribution in [0.1, 0.15) is 30.7 Å². The number of hydrogen-bond acceptors (Lipinski definition) is 2. The average molecular weight is 271 g/mol. The number of carbonyl (C=O) groups is 1. The topological polar surface area (TPSA) is 34.9 Å². The molecule has 2 rings (SSSR count). The minimum atomic E-state index is 0.334. The van der Waals surface area contributed by atoms with Gasteiger partial charge in [-0.2, -0.15) is 5.10 Å². The quantitative estimate of drug-likeness (QED) is 0.842. The van der Waals surface area contributed by atoms with Gasteiger partial charge in [0.15, 0.2) is 0 Å². The molecule has 0 spiro atoms. The lowest BCUT2D eigenvalue weighted by molar-refractivity contribution is -0.118. The van der Waals surface area contributed by atoms with Crippen LogP contribution in [0.3, 0.4) is 0 Å². The highest BCUT2D eigenvalue weighted by atomic mass is 79.9. The molecule has 1 heterocycles. The zero-order chi connectivity index (χ0) is 11.0. The molecule has 0 aromatic carbocycles. The maximum atomic E-state index is 11.7. The number of Topliss-reactive ketones (excluding diaryl/α,β-unsaturated/α-hetero) is 1. The van der Waals surface area contributed by atoms with Crippen molar-refractivity contribution in [2.45, 2.75) is 32.6 Å². The fraction of sp³-hybridized carbons (Fsp3) is 0.636. The molecule has 82 valence electrons. The summed E-state index contributed by atoms with van der Waals surface area (Å²) in [6, 6.07) is 0. The molecule has 1 aromatic rings. The van der Waals surface area contributed by atoms with E-state index in [2.05, 4.69) is 21.0 Å². The van der Waals surface area contributed by atoms with Gasteiger partial charge in [-0.25, -0.2) is 0 Å². The Hall–Kier alpha value is -0.640. The lowest BCUT2D eigenvalue weighted by Crippen LogP contribution is -2.08. The maximum absolute atomic E-state index is 11.7. The first-order valence-corrected chi connectivity index (χ1v) is 6.07. The summed E-state index contributed by atoms with van der Waals surface area (Å²) in [5.41, 5.74) is 1.95. The summed E-state index contributed by atoms with van der Waals surface area (Å²) in [4.78, 5) is 11.7.